The van der Waals surface area contributed by atoms with E-state index >= 15 is 0 Å². The molecule has 0 aliphatic heterocycles. The molecule has 0 saturated carbocycles. The van der Waals surface area contributed by atoms with Crippen LogP contribution in [-0.4, -0.2) is 22.6 Å². The van der Waals surface area contributed by atoms with Gasteiger partial charge in [-0.15, -0.1) is 0 Å². The Kier molecular flexibility index (Phi) is 4.49. The number of hydrogen-bond acceptors (Lipinski definition) is 4. The van der Waals surface area contributed by atoms with Crippen molar-refractivity contribution < 1.29 is 0 Å². The fraction of sp³-hybridized carbons (Fsp3) is 0.636. The van der Waals surface area contributed by atoms with Crippen LogP contribution >= 0.6 is 0 Å². The van der Waals surface area contributed by atoms with Crippen LogP contribution in [-0.2, 0) is 0 Å². The largest absolute Gasteiger partial charge is 0.368 e. The molecular weight excluding hydrogens is 188 g/mol. The Labute approximate surface area is 91.3 Å². The summed E-state index contributed by atoms with van der Waals surface area (Å²) in [5.41, 5.74) is 6.92. The number of aromatic nitrogens is 2. The van der Waals surface area contributed by atoms with Crippen molar-refractivity contribution in [1.82, 2.24) is 9.97 Å². The van der Waals surface area contributed by atoms with Crippen molar-refractivity contribution in [2.24, 2.45) is 11.7 Å². The van der Waals surface area contributed by atoms with Gasteiger partial charge in [0.25, 0.3) is 0 Å². The lowest BCUT2D eigenvalue weighted by Gasteiger charge is -2.15. The van der Waals surface area contributed by atoms with E-state index in [1.54, 1.807) is 6.33 Å². The Morgan fingerprint density at radius 2 is 2.13 bits per heavy atom. The van der Waals surface area contributed by atoms with Crippen molar-refractivity contribution in [3.8, 4) is 0 Å². The lowest BCUT2D eigenvalue weighted by atomic mass is 10.0. The molecule has 3 N–H and O–H groups in total. The molecule has 0 aromatic carbocycles. The summed E-state index contributed by atoms with van der Waals surface area (Å²) in [6, 6.07) is 2.10. The summed E-state index contributed by atoms with van der Waals surface area (Å²) in [6.07, 6.45) is 2.59. The van der Waals surface area contributed by atoms with Crippen molar-refractivity contribution in [3.05, 3.63) is 18.1 Å². The number of nitrogens with zero attached hydrogens (tertiary/aromatic N) is 2. The summed E-state index contributed by atoms with van der Waals surface area (Å²) >= 11 is 0. The molecule has 1 rings (SSSR count). The topological polar surface area (TPSA) is 63.8 Å². The Hall–Kier alpha value is -1.16. The van der Waals surface area contributed by atoms with Gasteiger partial charge in [0, 0.05) is 24.3 Å². The van der Waals surface area contributed by atoms with Gasteiger partial charge in [0.1, 0.15) is 12.1 Å². The molecule has 0 aliphatic carbocycles. The van der Waals surface area contributed by atoms with Crippen LogP contribution in [0.25, 0.3) is 0 Å². The zero-order valence-corrected chi connectivity index (χ0v) is 9.70. The number of nitrogens with two attached hydrogens (primary N) is 1. The first kappa shape index (κ1) is 11.9. The molecule has 0 spiro atoms. The molecule has 0 bridgehead atoms. The Morgan fingerprint density at radius 1 is 1.40 bits per heavy atom. The molecule has 0 amide bonds. The number of rotatable bonds is 5. The molecular formula is C11H20N4. The van der Waals surface area contributed by atoms with Gasteiger partial charge in [0.15, 0.2) is 0 Å². The molecule has 84 valence electrons. The first-order valence-corrected chi connectivity index (χ1v) is 5.36. The van der Waals surface area contributed by atoms with Crippen LogP contribution in [0, 0.1) is 12.8 Å². The van der Waals surface area contributed by atoms with E-state index in [4.69, 9.17) is 5.73 Å². The van der Waals surface area contributed by atoms with Crippen LogP contribution in [0.1, 0.15) is 26.0 Å². The van der Waals surface area contributed by atoms with Crippen molar-refractivity contribution in [2.45, 2.75) is 33.2 Å². The maximum Gasteiger partial charge on any atom is 0.129 e. The monoisotopic (exact) mass is 208 g/mol. The van der Waals surface area contributed by atoms with Crippen LogP contribution in [0.15, 0.2) is 12.4 Å². The second kappa shape index (κ2) is 5.66. The molecule has 1 aromatic heterocycles. The Balaban J connectivity index is 2.36. The average molecular weight is 208 g/mol. The van der Waals surface area contributed by atoms with Crippen LogP contribution in [0.2, 0.25) is 0 Å². The van der Waals surface area contributed by atoms with Gasteiger partial charge in [-0.2, -0.15) is 0 Å². The molecule has 1 atom stereocenters. The van der Waals surface area contributed by atoms with E-state index < -0.39 is 0 Å². The minimum Gasteiger partial charge on any atom is -0.368 e. The van der Waals surface area contributed by atoms with Gasteiger partial charge < -0.3 is 11.1 Å². The minimum atomic E-state index is 0.181. The lowest BCUT2D eigenvalue weighted by Crippen LogP contribution is -2.30. The van der Waals surface area contributed by atoms with Crippen LogP contribution in [0.3, 0.4) is 0 Å². The third kappa shape index (κ3) is 4.74. The van der Waals surface area contributed by atoms with Crippen molar-refractivity contribution in [2.75, 3.05) is 11.9 Å². The van der Waals surface area contributed by atoms with Gasteiger partial charge >= 0.3 is 0 Å². The van der Waals surface area contributed by atoms with E-state index in [1.165, 1.54) is 0 Å². The first-order valence-electron chi connectivity index (χ1n) is 5.36. The molecule has 0 fully saturated rings. The highest BCUT2D eigenvalue weighted by atomic mass is 15.0. The summed E-state index contributed by atoms with van der Waals surface area (Å²) in [4.78, 5) is 8.15. The van der Waals surface area contributed by atoms with Crippen LogP contribution < -0.4 is 11.1 Å². The summed E-state index contributed by atoms with van der Waals surface area (Å²) < 4.78 is 0. The summed E-state index contributed by atoms with van der Waals surface area (Å²) in [5.74, 6) is 1.48. The lowest BCUT2D eigenvalue weighted by molar-refractivity contribution is 0.508. The Morgan fingerprint density at radius 3 is 2.73 bits per heavy atom. The second-order valence-electron chi connectivity index (χ2n) is 4.32. The van der Waals surface area contributed by atoms with E-state index in [0.29, 0.717) is 5.92 Å². The fourth-order valence-electron chi connectivity index (χ4n) is 1.48. The predicted octanol–water partition coefficient (Wildman–Crippen LogP) is 1.57. The quantitative estimate of drug-likeness (QED) is 0.771. The van der Waals surface area contributed by atoms with E-state index in [9.17, 15) is 0 Å². The van der Waals surface area contributed by atoms with Crippen molar-refractivity contribution in [1.29, 1.82) is 0 Å². The summed E-state index contributed by atoms with van der Waals surface area (Å²) in [7, 11) is 0. The van der Waals surface area contributed by atoms with E-state index in [1.807, 2.05) is 13.0 Å². The van der Waals surface area contributed by atoms with Crippen molar-refractivity contribution >= 4 is 5.82 Å². The summed E-state index contributed by atoms with van der Waals surface area (Å²) in [6.45, 7) is 7.05. The minimum absolute atomic E-state index is 0.181. The standard InChI is InChI=1S/C11H20N4/c1-8(2)4-10(12)6-13-11-5-9(3)14-7-15-11/h5,7-8,10H,4,6,12H2,1-3H3,(H,13,14,15). The molecule has 4 heteroatoms. The fourth-order valence-corrected chi connectivity index (χ4v) is 1.48. The van der Waals surface area contributed by atoms with E-state index in [-0.39, 0.29) is 6.04 Å². The van der Waals surface area contributed by atoms with Gasteiger partial charge in [-0.05, 0) is 19.3 Å². The molecule has 4 nitrogen and oxygen atoms in total. The number of anilines is 1. The van der Waals surface area contributed by atoms with Gasteiger partial charge in [-0.1, -0.05) is 13.8 Å². The predicted molar refractivity (Wildman–Crippen MR) is 62.7 cm³/mol. The molecule has 0 saturated heterocycles. The highest BCUT2D eigenvalue weighted by Gasteiger charge is 2.05. The van der Waals surface area contributed by atoms with Gasteiger partial charge in [0.2, 0.25) is 0 Å². The number of aryl methyl sites for hydroxylation is 1. The average Bonchev–Trinajstić information content (AvgIpc) is 2.14. The smallest absolute Gasteiger partial charge is 0.129 e. The Bertz CT molecular complexity index is 298. The third-order valence-corrected chi connectivity index (χ3v) is 2.12. The summed E-state index contributed by atoms with van der Waals surface area (Å²) in [5, 5.41) is 3.21. The highest BCUT2D eigenvalue weighted by molar-refractivity contribution is 5.34. The second-order valence-corrected chi connectivity index (χ2v) is 4.32. The first-order chi connectivity index (χ1) is 7.08. The van der Waals surface area contributed by atoms with E-state index in [2.05, 4.69) is 29.1 Å². The van der Waals surface area contributed by atoms with Crippen LogP contribution in [0.4, 0.5) is 5.82 Å². The van der Waals surface area contributed by atoms with Crippen LogP contribution in [0.5, 0.6) is 0 Å². The number of nitrogens with one attached hydrogen (secondary N) is 1. The van der Waals surface area contributed by atoms with Crippen molar-refractivity contribution in [3.63, 3.8) is 0 Å². The SMILES string of the molecule is Cc1cc(NCC(N)CC(C)C)ncn1. The third-order valence-electron chi connectivity index (χ3n) is 2.12. The highest BCUT2D eigenvalue weighted by Crippen LogP contribution is 2.05. The van der Waals surface area contributed by atoms with Gasteiger partial charge in [-0.3, -0.25) is 0 Å². The molecule has 1 heterocycles. The molecule has 1 unspecified atom stereocenters. The zero-order chi connectivity index (χ0) is 11.3. The normalized spacial score (nSPS) is 12.9. The van der Waals surface area contributed by atoms with Gasteiger partial charge in [-0.25, -0.2) is 9.97 Å². The maximum atomic E-state index is 5.95. The zero-order valence-electron chi connectivity index (χ0n) is 9.70. The molecule has 0 radical (unpaired) electrons. The molecule has 0 aliphatic rings. The number of hydrogen-bond donors (Lipinski definition) is 2. The maximum absolute atomic E-state index is 5.95. The molecule has 15 heavy (non-hydrogen) atoms. The van der Waals surface area contributed by atoms with E-state index in [0.717, 1.165) is 24.5 Å². The van der Waals surface area contributed by atoms with Gasteiger partial charge in [0.05, 0.1) is 0 Å². The molecule has 1 aromatic rings.